The van der Waals surface area contributed by atoms with Gasteiger partial charge in [0.05, 0.1) is 5.52 Å². The molecule has 1 aliphatic heterocycles. The number of amides is 1. The maximum Gasteiger partial charge on any atom is 0.276 e. The van der Waals surface area contributed by atoms with Crippen molar-refractivity contribution in [3.63, 3.8) is 0 Å². The van der Waals surface area contributed by atoms with Crippen molar-refractivity contribution >= 4 is 50.9 Å². The summed E-state index contributed by atoms with van der Waals surface area (Å²) in [6, 6.07) is 22.8. The number of aromatic nitrogens is 3. The van der Waals surface area contributed by atoms with Gasteiger partial charge in [0.25, 0.3) is 5.91 Å². The number of imidazole rings is 1. The van der Waals surface area contributed by atoms with E-state index in [1.807, 2.05) is 66.7 Å². The maximum absolute atomic E-state index is 13.4. The zero-order valence-corrected chi connectivity index (χ0v) is 22.3. The van der Waals surface area contributed by atoms with E-state index in [4.69, 9.17) is 0 Å². The van der Waals surface area contributed by atoms with E-state index in [1.165, 1.54) is 0 Å². The van der Waals surface area contributed by atoms with Crippen LogP contribution in [0.15, 0.2) is 96.3 Å². The van der Waals surface area contributed by atoms with Crippen LogP contribution >= 0.6 is 0 Å². The molecule has 0 radical (unpaired) electrons. The third-order valence-corrected chi connectivity index (χ3v) is 7.06. The quantitative estimate of drug-likeness (QED) is 0.209. The first-order valence-electron chi connectivity index (χ1n) is 13.5. The van der Waals surface area contributed by atoms with E-state index in [0.29, 0.717) is 41.4 Å². The molecule has 41 heavy (non-hydrogen) atoms. The van der Waals surface area contributed by atoms with E-state index in [2.05, 4.69) is 25.3 Å². The Morgan fingerprint density at radius 3 is 2.49 bits per heavy atom. The number of hydrogen-bond donors (Lipinski definition) is 2. The fraction of sp³-hybridized carbons (Fsp3) is 0.152. The van der Waals surface area contributed by atoms with Crippen molar-refractivity contribution in [3.05, 3.63) is 114 Å². The van der Waals surface area contributed by atoms with Gasteiger partial charge in [0.2, 0.25) is 5.95 Å². The molecule has 0 saturated carbocycles. The largest absolute Gasteiger partial charge is 0.324 e. The highest BCUT2D eigenvalue weighted by Crippen LogP contribution is 2.25. The lowest BCUT2D eigenvalue weighted by molar-refractivity contribution is -0.118. The summed E-state index contributed by atoms with van der Waals surface area (Å²) in [5, 5.41) is 4.60. The predicted molar refractivity (Wildman–Crippen MR) is 159 cm³/mol. The molecule has 0 spiro atoms. The molecular weight excluding hydrogens is 514 g/mol. The number of pyridine rings is 1. The number of carbonyl (C=O) groups excluding carboxylic acids is 3. The van der Waals surface area contributed by atoms with E-state index in [9.17, 15) is 14.4 Å². The highest BCUT2D eigenvalue weighted by Gasteiger charge is 2.20. The van der Waals surface area contributed by atoms with Gasteiger partial charge in [0, 0.05) is 54.7 Å². The van der Waals surface area contributed by atoms with Gasteiger partial charge in [0.1, 0.15) is 17.0 Å². The van der Waals surface area contributed by atoms with Crippen LogP contribution in [0.25, 0.3) is 21.8 Å². The summed E-state index contributed by atoms with van der Waals surface area (Å²) in [4.78, 5) is 55.5. The number of fused-ring (bicyclic) bond motifs is 2. The van der Waals surface area contributed by atoms with Crippen LogP contribution in [0.3, 0.4) is 0 Å². The van der Waals surface area contributed by atoms with Crippen molar-refractivity contribution in [1.82, 2.24) is 15.0 Å². The molecule has 0 atom stereocenters. The zero-order chi connectivity index (χ0) is 28.2. The standard InChI is InChI=1S/C33H27N5O3/c39-26(13-12-21-7-2-1-3-8-21)15-22-16-27(30(40)19-25-11-6-14-34-25)31-28(17-22)36-33(37-31)38-32(41)29-18-23-9-4-5-10-24(23)20-35-29/h1-10,14,16-18,20H,11-13,15,19H2,(H2,36,37,38,41). The molecule has 0 aliphatic carbocycles. The van der Waals surface area contributed by atoms with Crippen molar-refractivity contribution in [2.75, 3.05) is 5.32 Å². The Hall–Kier alpha value is -5.24. The Labute approximate surface area is 236 Å². The number of rotatable bonds is 10. The topological polar surface area (TPSA) is 117 Å². The van der Waals surface area contributed by atoms with Crippen molar-refractivity contribution in [1.29, 1.82) is 0 Å². The first kappa shape index (κ1) is 26.0. The number of carbonyl (C=O) groups is 3. The zero-order valence-electron chi connectivity index (χ0n) is 22.3. The molecule has 8 heteroatoms. The summed E-state index contributed by atoms with van der Waals surface area (Å²) in [5.74, 6) is -0.296. The predicted octanol–water partition coefficient (Wildman–Crippen LogP) is 6.04. The molecule has 3 heterocycles. The lowest BCUT2D eigenvalue weighted by Crippen LogP contribution is -2.14. The normalized spacial score (nSPS) is 12.5. The Balaban J connectivity index is 1.26. The molecule has 2 N–H and O–H groups in total. The number of aromatic amines is 1. The van der Waals surface area contributed by atoms with E-state index >= 15 is 0 Å². The van der Waals surface area contributed by atoms with E-state index < -0.39 is 5.91 Å². The maximum atomic E-state index is 13.4. The molecule has 5 aromatic rings. The van der Waals surface area contributed by atoms with E-state index in [-0.39, 0.29) is 36.1 Å². The summed E-state index contributed by atoms with van der Waals surface area (Å²) in [5.41, 5.74) is 4.23. The Kier molecular flexibility index (Phi) is 7.28. The van der Waals surface area contributed by atoms with Crippen LogP contribution in [0.1, 0.15) is 51.2 Å². The fourth-order valence-electron chi connectivity index (χ4n) is 4.97. The number of nitrogens with zero attached hydrogens (tertiary/aromatic N) is 3. The third kappa shape index (κ3) is 6.01. The third-order valence-electron chi connectivity index (χ3n) is 7.06. The summed E-state index contributed by atoms with van der Waals surface area (Å²) in [6.07, 6.45) is 7.29. The average molecular weight is 542 g/mol. The number of H-pyrrole nitrogens is 1. The molecular formula is C33H27N5O3. The monoisotopic (exact) mass is 541 g/mol. The van der Waals surface area contributed by atoms with Gasteiger partial charge in [-0.15, -0.1) is 0 Å². The van der Waals surface area contributed by atoms with Crippen molar-refractivity contribution in [2.45, 2.75) is 32.1 Å². The van der Waals surface area contributed by atoms with Crippen LogP contribution < -0.4 is 5.32 Å². The number of allylic oxidation sites excluding steroid dienone is 1. The second kappa shape index (κ2) is 11.5. The first-order valence-corrected chi connectivity index (χ1v) is 13.5. The second-order valence-electron chi connectivity index (χ2n) is 10.1. The minimum Gasteiger partial charge on any atom is -0.324 e. The summed E-state index contributed by atoms with van der Waals surface area (Å²) in [7, 11) is 0. The van der Waals surface area contributed by atoms with Crippen LogP contribution in [0.2, 0.25) is 0 Å². The molecule has 0 fully saturated rings. The number of aliphatic imine (C=N–C) groups is 1. The number of nitrogens with one attached hydrogen (secondary N) is 2. The molecule has 1 amide bonds. The van der Waals surface area contributed by atoms with Crippen LogP contribution in [0.5, 0.6) is 0 Å². The molecule has 0 bridgehead atoms. The van der Waals surface area contributed by atoms with Crippen molar-refractivity contribution in [3.8, 4) is 0 Å². The molecule has 2 aromatic heterocycles. The number of anilines is 1. The van der Waals surface area contributed by atoms with Gasteiger partial charge in [-0.05, 0) is 41.1 Å². The Morgan fingerprint density at radius 2 is 1.68 bits per heavy atom. The minimum atomic E-state index is -0.426. The minimum absolute atomic E-state index is 0.0754. The average Bonchev–Trinajstić information content (AvgIpc) is 3.65. The number of aryl methyl sites for hydroxylation is 1. The Bertz CT molecular complexity index is 1850. The summed E-state index contributed by atoms with van der Waals surface area (Å²) in [6.45, 7) is 0. The molecule has 1 aliphatic rings. The first-order chi connectivity index (χ1) is 20.0. The van der Waals surface area contributed by atoms with Gasteiger partial charge in [-0.1, -0.05) is 60.7 Å². The lowest BCUT2D eigenvalue weighted by Gasteiger charge is -2.07. The molecule has 3 aromatic carbocycles. The molecule has 0 saturated heterocycles. The molecule has 202 valence electrons. The summed E-state index contributed by atoms with van der Waals surface area (Å²) < 4.78 is 0. The van der Waals surface area contributed by atoms with Crippen LogP contribution in [0.4, 0.5) is 5.95 Å². The smallest absolute Gasteiger partial charge is 0.276 e. The van der Waals surface area contributed by atoms with Gasteiger partial charge < -0.3 is 4.98 Å². The number of hydrogen-bond acceptors (Lipinski definition) is 6. The number of Topliss-reactive ketones (excluding diaryl/α,β-unsaturated/α-hetero) is 2. The number of ketones is 2. The Morgan fingerprint density at radius 1 is 0.878 bits per heavy atom. The van der Waals surface area contributed by atoms with Gasteiger partial charge in [-0.2, -0.15) is 0 Å². The van der Waals surface area contributed by atoms with Gasteiger partial charge >= 0.3 is 0 Å². The van der Waals surface area contributed by atoms with Crippen LogP contribution in [-0.2, 0) is 17.6 Å². The molecule has 8 nitrogen and oxygen atoms in total. The second-order valence-corrected chi connectivity index (χ2v) is 10.1. The van der Waals surface area contributed by atoms with Crippen molar-refractivity contribution < 1.29 is 14.4 Å². The van der Waals surface area contributed by atoms with Gasteiger partial charge in [-0.25, -0.2) is 4.98 Å². The molecule has 0 unspecified atom stereocenters. The van der Waals surface area contributed by atoms with Crippen LogP contribution in [-0.4, -0.2) is 38.1 Å². The highest BCUT2D eigenvalue weighted by atomic mass is 16.2. The summed E-state index contributed by atoms with van der Waals surface area (Å²) >= 11 is 0. The van der Waals surface area contributed by atoms with Gasteiger partial charge in [-0.3, -0.25) is 29.7 Å². The fourth-order valence-corrected chi connectivity index (χ4v) is 4.97. The molecule has 6 rings (SSSR count). The highest BCUT2D eigenvalue weighted by molar-refractivity contribution is 6.16. The SMILES string of the molecule is O=C(CCc1ccccc1)Cc1cc(C(=O)CC2=NC=CC2)c2nc(NC(=O)c3cc4ccccc4cn3)[nH]c2c1. The van der Waals surface area contributed by atoms with Gasteiger partial charge in [0.15, 0.2) is 5.78 Å². The van der Waals surface area contributed by atoms with Crippen LogP contribution in [0, 0.1) is 0 Å². The van der Waals surface area contributed by atoms with Crippen molar-refractivity contribution in [2.24, 2.45) is 4.99 Å². The lowest BCUT2D eigenvalue weighted by atomic mass is 9.97. The number of benzene rings is 3. The van der Waals surface area contributed by atoms with E-state index in [0.717, 1.165) is 22.0 Å². The van der Waals surface area contributed by atoms with E-state index in [1.54, 1.807) is 24.5 Å².